The van der Waals surface area contributed by atoms with E-state index in [9.17, 15) is 17.9 Å². The van der Waals surface area contributed by atoms with Gasteiger partial charge in [0.05, 0.1) is 26.0 Å². The zero-order chi connectivity index (χ0) is 23.2. The van der Waals surface area contributed by atoms with Crippen molar-refractivity contribution >= 4 is 33.7 Å². The van der Waals surface area contributed by atoms with Crippen molar-refractivity contribution in [2.75, 3.05) is 30.0 Å². The molecule has 0 saturated carbocycles. The van der Waals surface area contributed by atoms with Crippen molar-refractivity contribution in [2.45, 2.75) is 43.6 Å². The maximum Gasteiger partial charge on any atom is 0.242 e. The molecule has 2 rings (SSSR count). The van der Waals surface area contributed by atoms with Gasteiger partial charge >= 0.3 is 0 Å². The number of benzene rings is 1. The van der Waals surface area contributed by atoms with E-state index in [1.807, 2.05) is 13.8 Å². The van der Waals surface area contributed by atoms with E-state index in [0.717, 1.165) is 18.0 Å². The Morgan fingerprint density at radius 3 is 2.42 bits per heavy atom. The third kappa shape index (κ3) is 8.11. The molecular weight excluding hydrogens is 445 g/mol. The van der Waals surface area contributed by atoms with Gasteiger partial charge in [-0.2, -0.15) is 15.0 Å². The van der Waals surface area contributed by atoms with Crippen LogP contribution in [0, 0.1) is 11.7 Å². The van der Waals surface area contributed by atoms with E-state index in [-0.39, 0.29) is 35.0 Å². The Morgan fingerprint density at radius 2 is 1.87 bits per heavy atom. The zero-order valence-electron chi connectivity index (χ0n) is 18.1. The second kappa shape index (κ2) is 10.9. The zero-order valence-corrected chi connectivity index (χ0v) is 19.7. The Morgan fingerprint density at radius 1 is 1.19 bits per heavy atom. The lowest BCUT2D eigenvalue weighted by atomic mass is 10.0. The van der Waals surface area contributed by atoms with Crippen LogP contribution >= 0.6 is 11.8 Å². The molecule has 0 radical (unpaired) electrons. The molecule has 3 N–H and O–H groups in total. The fourth-order valence-electron chi connectivity index (χ4n) is 2.80. The van der Waals surface area contributed by atoms with Crippen LogP contribution in [0.25, 0.3) is 0 Å². The molecule has 0 amide bonds. The Labute approximate surface area is 186 Å². The lowest BCUT2D eigenvalue weighted by molar-refractivity contribution is 0.259. The van der Waals surface area contributed by atoms with Gasteiger partial charge in [-0.25, -0.2) is 12.8 Å². The number of nitrogens with zero attached hydrogens (tertiary/aromatic N) is 3. The summed E-state index contributed by atoms with van der Waals surface area (Å²) in [6.45, 7) is 5.67. The topological polar surface area (TPSA) is 126 Å². The van der Waals surface area contributed by atoms with Gasteiger partial charge in [0, 0.05) is 16.9 Å². The second-order valence-corrected chi connectivity index (χ2v) is 10.5. The number of rotatable bonds is 11. The van der Waals surface area contributed by atoms with Gasteiger partial charge in [-0.15, -0.1) is 0 Å². The summed E-state index contributed by atoms with van der Waals surface area (Å²) in [4.78, 5) is 12.6. The maximum absolute atomic E-state index is 14.4. The average Bonchev–Trinajstić information content (AvgIpc) is 2.65. The van der Waals surface area contributed by atoms with Gasteiger partial charge in [-0.05, 0) is 25.3 Å². The molecule has 0 bridgehead atoms. The van der Waals surface area contributed by atoms with E-state index in [4.69, 9.17) is 4.74 Å². The first kappa shape index (κ1) is 25.1. The number of ether oxygens (including phenoxy) is 1. The highest BCUT2D eigenvalue weighted by atomic mass is 32.2. The Bertz CT molecular complexity index is 991. The molecule has 1 unspecified atom stereocenters. The van der Waals surface area contributed by atoms with E-state index in [1.165, 1.54) is 13.2 Å². The standard InChI is InChI=1S/C19H28FN5O4S2/c1-11(2)8-13(10-26)21-17-22-18(25-31(5,27)28)24-19(23-17)30-12(3)15-7-6-14(29-4)9-16(15)20/h6-7,9,11-13,26H,8,10H2,1-5H3,(H2,21,22,23,24,25)/t12?,13-/m1/s1. The minimum Gasteiger partial charge on any atom is -0.497 e. The fourth-order valence-corrected chi connectivity index (χ4v) is 4.14. The molecule has 12 heteroatoms. The van der Waals surface area contributed by atoms with Crippen molar-refractivity contribution in [3.63, 3.8) is 0 Å². The Kier molecular flexibility index (Phi) is 8.83. The minimum absolute atomic E-state index is 0.116. The van der Waals surface area contributed by atoms with Gasteiger partial charge in [-0.1, -0.05) is 31.7 Å². The minimum atomic E-state index is -3.62. The molecule has 172 valence electrons. The van der Waals surface area contributed by atoms with Crippen LogP contribution in [0.2, 0.25) is 0 Å². The Hall–Kier alpha value is -2.18. The molecule has 0 aliphatic carbocycles. The SMILES string of the molecule is COc1ccc(C(C)Sc2nc(N[C@@H](CO)CC(C)C)nc(NS(C)(=O)=O)n2)c(F)c1. The summed E-state index contributed by atoms with van der Waals surface area (Å²) in [5, 5.41) is 12.5. The molecule has 9 nitrogen and oxygen atoms in total. The van der Waals surface area contributed by atoms with Crippen LogP contribution in [0.5, 0.6) is 5.75 Å². The van der Waals surface area contributed by atoms with Crippen molar-refractivity contribution in [1.29, 1.82) is 0 Å². The number of thioether (sulfide) groups is 1. The molecule has 31 heavy (non-hydrogen) atoms. The lowest BCUT2D eigenvalue weighted by Crippen LogP contribution is -2.27. The number of anilines is 2. The van der Waals surface area contributed by atoms with Crippen molar-refractivity contribution in [2.24, 2.45) is 5.92 Å². The summed E-state index contributed by atoms with van der Waals surface area (Å²) >= 11 is 1.15. The van der Waals surface area contributed by atoms with Gasteiger partial charge in [-0.3, -0.25) is 4.72 Å². The van der Waals surface area contributed by atoms with Gasteiger partial charge in [0.1, 0.15) is 11.6 Å². The monoisotopic (exact) mass is 473 g/mol. The molecule has 1 aromatic heterocycles. The van der Waals surface area contributed by atoms with Crippen molar-refractivity contribution in [3.8, 4) is 5.75 Å². The van der Waals surface area contributed by atoms with E-state index in [2.05, 4.69) is 25.0 Å². The number of aliphatic hydroxyl groups excluding tert-OH is 1. The number of hydrogen-bond acceptors (Lipinski definition) is 9. The van der Waals surface area contributed by atoms with E-state index in [0.29, 0.717) is 23.7 Å². The second-order valence-electron chi connectivity index (χ2n) is 7.44. The number of sulfonamides is 1. The van der Waals surface area contributed by atoms with Crippen LogP contribution in [0.3, 0.4) is 0 Å². The van der Waals surface area contributed by atoms with E-state index >= 15 is 0 Å². The van der Waals surface area contributed by atoms with Gasteiger partial charge in [0.25, 0.3) is 0 Å². The normalized spacial score (nSPS) is 13.7. The summed E-state index contributed by atoms with van der Waals surface area (Å²) < 4.78 is 45.0. The smallest absolute Gasteiger partial charge is 0.242 e. The highest BCUT2D eigenvalue weighted by Gasteiger charge is 2.19. The van der Waals surface area contributed by atoms with Crippen LogP contribution in [0.4, 0.5) is 16.3 Å². The van der Waals surface area contributed by atoms with Crippen molar-refractivity contribution in [1.82, 2.24) is 15.0 Å². The number of methoxy groups -OCH3 is 1. The maximum atomic E-state index is 14.4. The Balaban J connectivity index is 2.33. The third-order valence-electron chi connectivity index (χ3n) is 4.13. The fraction of sp³-hybridized carbons (Fsp3) is 0.526. The highest BCUT2D eigenvalue weighted by Crippen LogP contribution is 2.35. The summed E-state index contributed by atoms with van der Waals surface area (Å²) in [7, 11) is -2.16. The summed E-state index contributed by atoms with van der Waals surface area (Å²) in [5.41, 5.74) is 0.423. The number of nitrogens with one attached hydrogen (secondary N) is 2. The first-order chi connectivity index (χ1) is 14.5. The number of hydrogen-bond donors (Lipinski definition) is 3. The highest BCUT2D eigenvalue weighted by molar-refractivity contribution is 7.99. The van der Waals surface area contributed by atoms with Gasteiger partial charge in [0.15, 0.2) is 5.16 Å². The van der Waals surface area contributed by atoms with Gasteiger partial charge < -0.3 is 15.2 Å². The first-order valence-electron chi connectivity index (χ1n) is 9.62. The molecule has 1 heterocycles. The first-order valence-corrected chi connectivity index (χ1v) is 12.4. The summed E-state index contributed by atoms with van der Waals surface area (Å²) in [5.74, 6) is 0.243. The van der Waals surface area contributed by atoms with Crippen LogP contribution in [0.1, 0.15) is 38.0 Å². The van der Waals surface area contributed by atoms with Crippen LogP contribution < -0.4 is 14.8 Å². The predicted octanol–water partition coefficient (Wildman–Crippen LogP) is 3.06. The molecule has 2 aromatic rings. The van der Waals surface area contributed by atoms with Crippen molar-refractivity contribution in [3.05, 3.63) is 29.6 Å². The quantitative estimate of drug-likeness (QED) is 0.422. The average molecular weight is 474 g/mol. The predicted molar refractivity (Wildman–Crippen MR) is 119 cm³/mol. The number of halogens is 1. The molecular formula is C19H28FN5O4S2. The number of aromatic nitrogens is 3. The largest absolute Gasteiger partial charge is 0.497 e. The van der Waals surface area contributed by atoms with Gasteiger partial charge in [0.2, 0.25) is 21.9 Å². The summed E-state index contributed by atoms with van der Waals surface area (Å²) in [6, 6.07) is 4.25. The molecule has 1 aromatic carbocycles. The third-order valence-corrected chi connectivity index (χ3v) is 5.68. The molecule has 0 saturated heterocycles. The van der Waals surface area contributed by atoms with Crippen LogP contribution in [-0.2, 0) is 10.0 Å². The van der Waals surface area contributed by atoms with E-state index < -0.39 is 15.8 Å². The molecule has 0 fully saturated rings. The van der Waals surface area contributed by atoms with Crippen LogP contribution in [-0.4, -0.2) is 54.5 Å². The summed E-state index contributed by atoms with van der Waals surface area (Å²) in [6.07, 6.45) is 1.65. The van der Waals surface area contributed by atoms with E-state index in [1.54, 1.807) is 19.1 Å². The van der Waals surface area contributed by atoms with Crippen molar-refractivity contribution < 1.29 is 22.7 Å². The molecule has 0 aliphatic heterocycles. The molecule has 0 spiro atoms. The molecule has 2 atom stereocenters. The molecule has 0 aliphatic rings. The lowest BCUT2D eigenvalue weighted by Gasteiger charge is -2.19. The number of aliphatic hydroxyl groups is 1. The van der Waals surface area contributed by atoms with Crippen LogP contribution in [0.15, 0.2) is 23.4 Å².